The predicted octanol–water partition coefficient (Wildman–Crippen LogP) is 1.58. The van der Waals surface area contributed by atoms with Crippen molar-refractivity contribution < 1.29 is 14.3 Å². The van der Waals surface area contributed by atoms with E-state index in [4.69, 9.17) is 4.74 Å². The van der Waals surface area contributed by atoms with Gasteiger partial charge in [-0.1, -0.05) is 0 Å². The Bertz CT molecular complexity index is 655. The molecule has 1 aromatic rings. The third-order valence-corrected chi connectivity index (χ3v) is 6.31. The third kappa shape index (κ3) is 2.73. The molecule has 2 amide bonds. The number of likely N-dealkylation sites (tertiary alicyclic amines) is 2. The van der Waals surface area contributed by atoms with Gasteiger partial charge in [-0.2, -0.15) is 0 Å². The molecular formula is C17H23N3O3S. The van der Waals surface area contributed by atoms with Crippen LogP contribution in [0.25, 0.3) is 0 Å². The van der Waals surface area contributed by atoms with Crippen LogP contribution in [0.15, 0.2) is 5.38 Å². The molecule has 1 spiro atoms. The van der Waals surface area contributed by atoms with Crippen molar-refractivity contribution in [3.05, 3.63) is 16.1 Å². The lowest BCUT2D eigenvalue weighted by Gasteiger charge is -2.24. The van der Waals surface area contributed by atoms with Crippen LogP contribution in [0.5, 0.6) is 0 Å². The molecule has 4 heterocycles. The summed E-state index contributed by atoms with van der Waals surface area (Å²) in [6.07, 6.45) is 3.09. The van der Waals surface area contributed by atoms with E-state index in [1.54, 1.807) is 11.3 Å². The van der Waals surface area contributed by atoms with Gasteiger partial charge in [0.05, 0.1) is 22.7 Å². The number of carbonyl (C=O) groups excluding carboxylic acids is 2. The summed E-state index contributed by atoms with van der Waals surface area (Å²) < 4.78 is 5.51. The third-order valence-electron chi connectivity index (χ3n) is 5.49. The fourth-order valence-corrected chi connectivity index (χ4v) is 4.74. The standard InChI is InChI=1S/C17H23N3O3S/c1-12-18-13(10-24-12)9-19-6-4-17(16(19)22)5-7-20(11-17)15(21)14-3-2-8-23-14/h10,14H,2-9,11H2,1H3/t14-,17?/m0/s1. The molecule has 4 rings (SSSR count). The number of nitrogens with zero attached hydrogens (tertiary/aromatic N) is 3. The Morgan fingerprint density at radius 3 is 3.00 bits per heavy atom. The number of aryl methyl sites for hydroxylation is 1. The molecule has 0 saturated carbocycles. The molecule has 0 aromatic carbocycles. The van der Waals surface area contributed by atoms with Crippen molar-refractivity contribution in [1.82, 2.24) is 14.8 Å². The summed E-state index contributed by atoms with van der Waals surface area (Å²) in [7, 11) is 0. The lowest BCUT2D eigenvalue weighted by Crippen LogP contribution is -2.41. The molecule has 1 aromatic heterocycles. The summed E-state index contributed by atoms with van der Waals surface area (Å²) in [6, 6.07) is 0. The summed E-state index contributed by atoms with van der Waals surface area (Å²) in [5, 5.41) is 3.05. The monoisotopic (exact) mass is 349 g/mol. The second-order valence-corrected chi connectivity index (χ2v) is 8.19. The van der Waals surface area contributed by atoms with E-state index in [0.717, 1.165) is 42.9 Å². The van der Waals surface area contributed by atoms with E-state index in [9.17, 15) is 9.59 Å². The van der Waals surface area contributed by atoms with Crippen LogP contribution in [0.1, 0.15) is 36.4 Å². The van der Waals surface area contributed by atoms with Crippen LogP contribution in [-0.4, -0.2) is 58.9 Å². The largest absolute Gasteiger partial charge is 0.368 e. The van der Waals surface area contributed by atoms with Crippen LogP contribution in [0.4, 0.5) is 0 Å². The van der Waals surface area contributed by atoms with Crippen LogP contribution in [0.2, 0.25) is 0 Å². The zero-order valence-electron chi connectivity index (χ0n) is 14.0. The van der Waals surface area contributed by atoms with E-state index >= 15 is 0 Å². The van der Waals surface area contributed by atoms with E-state index in [0.29, 0.717) is 26.2 Å². The Kier molecular flexibility index (Phi) is 4.08. The van der Waals surface area contributed by atoms with Gasteiger partial charge in [-0.15, -0.1) is 11.3 Å². The topological polar surface area (TPSA) is 62.7 Å². The van der Waals surface area contributed by atoms with Crippen LogP contribution in [-0.2, 0) is 20.9 Å². The van der Waals surface area contributed by atoms with Gasteiger partial charge in [0, 0.05) is 31.6 Å². The Balaban J connectivity index is 1.41. The average molecular weight is 349 g/mol. The van der Waals surface area contributed by atoms with Crippen molar-refractivity contribution >= 4 is 23.2 Å². The molecule has 3 fully saturated rings. The molecule has 0 N–H and O–H groups in total. The molecular weight excluding hydrogens is 326 g/mol. The molecule has 0 radical (unpaired) electrons. The molecule has 2 atom stereocenters. The van der Waals surface area contributed by atoms with Gasteiger partial charge in [-0.05, 0) is 32.6 Å². The van der Waals surface area contributed by atoms with Gasteiger partial charge in [0.15, 0.2) is 0 Å². The van der Waals surface area contributed by atoms with Crippen LogP contribution in [0.3, 0.4) is 0 Å². The first-order chi connectivity index (χ1) is 11.6. The molecule has 1 unspecified atom stereocenters. The number of aromatic nitrogens is 1. The number of carbonyl (C=O) groups is 2. The molecule has 0 aliphatic carbocycles. The summed E-state index contributed by atoms with van der Waals surface area (Å²) >= 11 is 1.62. The SMILES string of the molecule is Cc1nc(CN2CCC3(CCN(C(=O)[C@@H]4CCCO4)C3)C2=O)cs1. The van der Waals surface area contributed by atoms with E-state index in [-0.39, 0.29) is 23.3 Å². The first kappa shape index (κ1) is 16.0. The molecule has 6 nitrogen and oxygen atoms in total. The van der Waals surface area contributed by atoms with Gasteiger partial charge >= 0.3 is 0 Å². The highest BCUT2D eigenvalue weighted by atomic mass is 32.1. The highest BCUT2D eigenvalue weighted by Crippen LogP contribution is 2.41. The minimum Gasteiger partial charge on any atom is -0.368 e. The van der Waals surface area contributed by atoms with Gasteiger partial charge < -0.3 is 14.5 Å². The second kappa shape index (κ2) is 6.11. The fourth-order valence-electron chi connectivity index (χ4n) is 4.14. The number of ether oxygens (including phenoxy) is 1. The maximum atomic E-state index is 13.0. The van der Waals surface area contributed by atoms with Crippen LogP contribution in [0, 0.1) is 12.3 Å². The number of thiazole rings is 1. The van der Waals surface area contributed by atoms with Crippen molar-refractivity contribution in [3.8, 4) is 0 Å². The predicted molar refractivity (Wildman–Crippen MR) is 89.5 cm³/mol. The summed E-state index contributed by atoms with van der Waals surface area (Å²) in [5.74, 6) is 0.265. The Hall–Kier alpha value is -1.47. The first-order valence-corrected chi connectivity index (χ1v) is 9.56. The number of amides is 2. The summed E-state index contributed by atoms with van der Waals surface area (Å²) in [6.45, 7) is 5.23. The lowest BCUT2D eigenvalue weighted by molar-refractivity contribution is -0.141. The highest BCUT2D eigenvalue weighted by molar-refractivity contribution is 7.09. The fraction of sp³-hybridized carbons (Fsp3) is 0.706. The van der Waals surface area contributed by atoms with E-state index in [2.05, 4.69) is 4.98 Å². The van der Waals surface area contributed by atoms with Gasteiger partial charge in [0.1, 0.15) is 6.10 Å². The maximum absolute atomic E-state index is 13.0. The Morgan fingerprint density at radius 2 is 2.29 bits per heavy atom. The van der Waals surface area contributed by atoms with Crippen molar-refractivity contribution in [3.63, 3.8) is 0 Å². The van der Waals surface area contributed by atoms with Gasteiger partial charge in [-0.3, -0.25) is 9.59 Å². The number of rotatable bonds is 3. The zero-order valence-corrected chi connectivity index (χ0v) is 14.8. The normalized spacial score (nSPS) is 30.0. The van der Waals surface area contributed by atoms with Crippen molar-refractivity contribution in [1.29, 1.82) is 0 Å². The number of hydrogen-bond donors (Lipinski definition) is 0. The van der Waals surface area contributed by atoms with Gasteiger partial charge in [-0.25, -0.2) is 4.98 Å². The molecule has 3 aliphatic heterocycles. The highest BCUT2D eigenvalue weighted by Gasteiger charge is 2.52. The molecule has 7 heteroatoms. The van der Waals surface area contributed by atoms with Crippen molar-refractivity contribution in [2.24, 2.45) is 5.41 Å². The Morgan fingerprint density at radius 1 is 1.46 bits per heavy atom. The van der Waals surface area contributed by atoms with Gasteiger partial charge in [0.2, 0.25) is 5.91 Å². The molecule has 3 aliphatic rings. The first-order valence-electron chi connectivity index (χ1n) is 8.68. The van der Waals surface area contributed by atoms with Gasteiger partial charge in [0.25, 0.3) is 5.91 Å². The van der Waals surface area contributed by atoms with Crippen LogP contribution >= 0.6 is 11.3 Å². The minimum absolute atomic E-state index is 0.0748. The second-order valence-electron chi connectivity index (χ2n) is 7.13. The summed E-state index contributed by atoms with van der Waals surface area (Å²) in [5.41, 5.74) is 0.590. The number of hydrogen-bond acceptors (Lipinski definition) is 5. The molecule has 3 saturated heterocycles. The summed E-state index contributed by atoms with van der Waals surface area (Å²) in [4.78, 5) is 33.7. The lowest BCUT2D eigenvalue weighted by atomic mass is 9.85. The molecule has 24 heavy (non-hydrogen) atoms. The average Bonchev–Trinajstić information content (AvgIpc) is 3.34. The quantitative estimate of drug-likeness (QED) is 0.831. The van der Waals surface area contributed by atoms with Crippen molar-refractivity contribution in [2.45, 2.75) is 45.3 Å². The van der Waals surface area contributed by atoms with Crippen molar-refractivity contribution in [2.75, 3.05) is 26.2 Å². The minimum atomic E-state index is -0.376. The molecule has 130 valence electrons. The zero-order chi connectivity index (χ0) is 16.7. The smallest absolute Gasteiger partial charge is 0.251 e. The maximum Gasteiger partial charge on any atom is 0.251 e. The van der Waals surface area contributed by atoms with E-state index in [1.165, 1.54) is 0 Å². The van der Waals surface area contributed by atoms with Crippen LogP contribution < -0.4 is 0 Å². The molecule has 0 bridgehead atoms. The van der Waals surface area contributed by atoms with E-state index < -0.39 is 0 Å². The Labute approximate surface area is 145 Å². The van der Waals surface area contributed by atoms with E-state index in [1.807, 2.05) is 22.1 Å².